The topological polar surface area (TPSA) is 58.8 Å². The van der Waals surface area contributed by atoms with E-state index in [9.17, 15) is 4.79 Å². The van der Waals surface area contributed by atoms with Gasteiger partial charge < -0.3 is 15.4 Å². The molecule has 0 aromatic carbocycles. The first-order valence-electron chi connectivity index (χ1n) is 8.49. The van der Waals surface area contributed by atoms with Gasteiger partial charge in [0, 0.05) is 39.3 Å². The fourth-order valence-electron chi connectivity index (χ4n) is 3.50. The van der Waals surface area contributed by atoms with Crippen LogP contribution in [0.15, 0.2) is 0 Å². The molecule has 0 aliphatic carbocycles. The summed E-state index contributed by atoms with van der Waals surface area (Å²) in [5.41, 5.74) is 5.89. The molecule has 0 aromatic heterocycles. The maximum atomic E-state index is 12.6. The number of nitrogens with two attached hydrogens (primary N) is 1. The van der Waals surface area contributed by atoms with Crippen molar-refractivity contribution >= 4 is 5.91 Å². The maximum Gasteiger partial charge on any atom is 0.236 e. The molecule has 1 amide bonds. The number of hydrogen-bond acceptors (Lipinski definition) is 4. The smallest absolute Gasteiger partial charge is 0.236 e. The Balaban J connectivity index is 1.85. The van der Waals surface area contributed by atoms with Crippen LogP contribution in [-0.4, -0.2) is 67.7 Å². The van der Waals surface area contributed by atoms with Crippen molar-refractivity contribution in [2.45, 2.75) is 57.1 Å². The van der Waals surface area contributed by atoms with Crippen LogP contribution in [0.25, 0.3) is 0 Å². The van der Waals surface area contributed by atoms with Gasteiger partial charge in [0.1, 0.15) is 0 Å². The predicted molar refractivity (Wildman–Crippen MR) is 84.1 cm³/mol. The molecule has 0 spiro atoms. The van der Waals surface area contributed by atoms with E-state index in [-0.39, 0.29) is 11.9 Å². The molecule has 2 atom stereocenters. The first-order valence-corrected chi connectivity index (χ1v) is 8.49. The predicted octanol–water partition coefficient (Wildman–Crippen LogP) is 1.22. The van der Waals surface area contributed by atoms with Crippen molar-refractivity contribution in [2.75, 3.05) is 39.8 Å². The monoisotopic (exact) mass is 297 g/mol. The van der Waals surface area contributed by atoms with Gasteiger partial charge in [0.05, 0.1) is 12.6 Å². The molecule has 0 aromatic rings. The van der Waals surface area contributed by atoms with Gasteiger partial charge in [-0.3, -0.25) is 9.69 Å². The Morgan fingerprint density at radius 2 is 1.81 bits per heavy atom. The molecular formula is C16H31N3O2. The molecule has 122 valence electrons. The van der Waals surface area contributed by atoms with Crippen LogP contribution in [0.5, 0.6) is 0 Å². The van der Waals surface area contributed by atoms with Gasteiger partial charge in [0.25, 0.3) is 0 Å². The molecule has 2 aliphatic heterocycles. The molecule has 2 rings (SSSR count). The largest absolute Gasteiger partial charge is 0.381 e. The second kappa shape index (κ2) is 8.71. The van der Waals surface area contributed by atoms with Gasteiger partial charge in [-0.1, -0.05) is 19.3 Å². The number of nitrogens with zero attached hydrogens (tertiary/aromatic N) is 2. The number of amides is 1. The van der Waals surface area contributed by atoms with Gasteiger partial charge in [-0.05, 0) is 25.7 Å². The fourth-order valence-corrected chi connectivity index (χ4v) is 3.50. The molecular weight excluding hydrogens is 266 g/mol. The number of ether oxygens (including phenoxy) is 1. The number of piperidine rings is 1. The number of carbonyl (C=O) groups excluding carboxylic acids is 1. The minimum atomic E-state index is 0.280. The van der Waals surface area contributed by atoms with Crippen molar-refractivity contribution in [3.63, 3.8) is 0 Å². The van der Waals surface area contributed by atoms with Gasteiger partial charge in [0.2, 0.25) is 5.91 Å². The minimum absolute atomic E-state index is 0.280. The Bertz CT molecular complexity index is 317. The molecule has 2 heterocycles. The Kier molecular flexibility index (Phi) is 6.93. The average Bonchev–Trinajstić information content (AvgIpc) is 2.47. The summed E-state index contributed by atoms with van der Waals surface area (Å²) in [5, 5.41) is 0. The second-order valence-corrected chi connectivity index (χ2v) is 6.39. The molecule has 2 fully saturated rings. The highest BCUT2D eigenvalue weighted by molar-refractivity contribution is 5.78. The standard InChI is InChI=1S/C16H31N3O2/c1-21-15-7-10-19(14(11-15)12-17)13-16(20)18-8-5-3-2-4-6-9-18/h14-15H,2-13,17H2,1H3. The van der Waals surface area contributed by atoms with E-state index in [1.165, 1.54) is 19.3 Å². The van der Waals surface area contributed by atoms with Crippen LogP contribution in [0, 0.1) is 0 Å². The molecule has 0 bridgehead atoms. The first-order chi connectivity index (χ1) is 10.2. The van der Waals surface area contributed by atoms with Gasteiger partial charge in [-0.15, -0.1) is 0 Å². The summed E-state index contributed by atoms with van der Waals surface area (Å²) in [5.74, 6) is 0.284. The number of methoxy groups -OCH3 is 1. The fraction of sp³-hybridized carbons (Fsp3) is 0.938. The molecule has 21 heavy (non-hydrogen) atoms. The number of likely N-dealkylation sites (tertiary alicyclic amines) is 2. The average molecular weight is 297 g/mol. The summed E-state index contributed by atoms with van der Waals surface area (Å²) < 4.78 is 5.45. The lowest BCUT2D eigenvalue weighted by Gasteiger charge is -2.39. The zero-order valence-electron chi connectivity index (χ0n) is 13.4. The van der Waals surface area contributed by atoms with Crippen molar-refractivity contribution in [1.29, 1.82) is 0 Å². The highest BCUT2D eigenvalue weighted by Crippen LogP contribution is 2.19. The van der Waals surface area contributed by atoms with Gasteiger partial charge in [-0.25, -0.2) is 0 Å². The third-order valence-corrected chi connectivity index (χ3v) is 4.94. The van der Waals surface area contributed by atoms with Crippen molar-refractivity contribution in [2.24, 2.45) is 5.73 Å². The summed E-state index contributed by atoms with van der Waals surface area (Å²) in [6.45, 7) is 3.91. The maximum absolute atomic E-state index is 12.6. The zero-order chi connectivity index (χ0) is 15.1. The van der Waals surface area contributed by atoms with Gasteiger partial charge in [0.15, 0.2) is 0 Å². The van der Waals surface area contributed by atoms with Crippen molar-refractivity contribution in [3.8, 4) is 0 Å². The third kappa shape index (κ3) is 4.94. The molecule has 0 saturated carbocycles. The summed E-state index contributed by atoms with van der Waals surface area (Å²) in [6, 6.07) is 0.280. The second-order valence-electron chi connectivity index (χ2n) is 6.39. The van der Waals surface area contributed by atoms with Crippen LogP contribution < -0.4 is 5.73 Å². The van der Waals surface area contributed by atoms with Crippen molar-refractivity contribution in [1.82, 2.24) is 9.80 Å². The van der Waals surface area contributed by atoms with E-state index in [0.29, 0.717) is 19.2 Å². The van der Waals surface area contributed by atoms with Crippen molar-refractivity contribution < 1.29 is 9.53 Å². The Labute approximate surface area is 128 Å². The Hall–Kier alpha value is -0.650. The molecule has 0 radical (unpaired) electrons. The zero-order valence-corrected chi connectivity index (χ0v) is 13.4. The summed E-state index contributed by atoms with van der Waals surface area (Å²) >= 11 is 0. The lowest BCUT2D eigenvalue weighted by molar-refractivity contribution is -0.134. The van der Waals surface area contributed by atoms with Crippen LogP contribution in [0.2, 0.25) is 0 Å². The summed E-state index contributed by atoms with van der Waals surface area (Å²) in [6.07, 6.45) is 8.38. The van der Waals surface area contributed by atoms with Crippen LogP contribution in [0.3, 0.4) is 0 Å². The quantitative estimate of drug-likeness (QED) is 0.847. The lowest BCUT2D eigenvalue weighted by atomic mass is 9.99. The van der Waals surface area contributed by atoms with Gasteiger partial charge >= 0.3 is 0 Å². The summed E-state index contributed by atoms with van der Waals surface area (Å²) in [7, 11) is 1.76. The molecule has 5 nitrogen and oxygen atoms in total. The van der Waals surface area contributed by atoms with Crippen LogP contribution in [0.4, 0.5) is 0 Å². The molecule has 2 saturated heterocycles. The highest BCUT2D eigenvalue weighted by atomic mass is 16.5. The van der Waals surface area contributed by atoms with E-state index in [1.54, 1.807) is 7.11 Å². The number of rotatable bonds is 4. The molecule has 2 N–H and O–H groups in total. The van der Waals surface area contributed by atoms with E-state index in [4.69, 9.17) is 10.5 Å². The van der Waals surface area contributed by atoms with E-state index in [0.717, 1.165) is 45.3 Å². The van der Waals surface area contributed by atoms with E-state index < -0.39 is 0 Å². The van der Waals surface area contributed by atoms with E-state index >= 15 is 0 Å². The molecule has 5 heteroatoms. The van der Waals surface area contributed by atoms with Crippen molar-refractivity contribution in [3.05, 3.63) is 0 Å². The first kappa shape index (κ1) is 16.7. The van der Waals surface area contributed by atoms with E-state index in [2.05, 4.69) is 9.80 Å². The normalized spacial score (nSPS) is 29.0. The highest BCUT2D eigenvalue weighted by Gasteiger charge is 2.29. The van der Waals surface area contributed by atoms with Crippen LogP contribution in [-0.2, 0) is 9.53 Å². The van der Waals surface area contributed by atoms with Gasteiger partial charge in [-0.2, -0.15) is 0 Å². The SMILES string of the molecule is COC1CCN(CC(=O)N2CCCCCCC2)C(CN)C1. The molecule has 2 unspecified atom stereocenters. The number of carbonyl (C=O) groups is 1. The Morgan fingerprint density at radius 3 is 2.43 bits per heavy atom. The van der Waals surface area contributed by atoms with Crippen LogP contribution >= 0.6 is 0 Å². The summed E-state index contributed by atoms with van der Waals surface area (Å²) in [4.78, 5) is 16.9. The number of hydrogen-bond donors (Lipinski definition) is 1. The molecule has 2 aliphatic rings. The third-order valence-electron chi connectivity index (χ3n) is 4.94. The lowest BCUT2D eigenvalue weighted by Crippen LogP contribution is -2.52. The van der Waals surface area contributed by atoms with E-state index in [1.807, 2.05) is 0 Å². The van der Waals surface area contributed by atoms with Crippen LogP contribution in [0.1, 0.15) is 44.9 Å². The minimum Gasteiger partial charge on any atom is -0.381 e. The Morgan fingerprint density at radius 1 is 1.14 bits per heavy atom.